The van der Waals surface area contributed by atoms with E-state index in [1.54, 1.807) is 6.26 Å². The average Bonchev–Trinajstić information content (AvgIpc) is 3.53. The summed E-state index contributed by atoms with van der Waals surface area (Å²) in [5, 5.41) is 9.35. The number of thioether (sulfide) groups is 1. The lowest BCUT2D eigenvalue weighted by atomic mass is 10.1. The van der Waals surface area contributed by atoms with Crippen LogP contribution in [0.2, 0.25) is 0 Å². The Bertz CT molecular complexity index is 1130. The summed E-state index contributed by atoms with van der Waals surface area (Å²) in [6, 6.07) is 11.8. The van der Waals surface area contributed by atoms with Gasteiger partial charge in [-0.25, -0.2) is 0 Å². The van der Waals surface area contributed by atoms with Crippen LogP contribution in [-0.4, -0.2) is 67.8 Å². The largest absolute Gasteiger partial charge is 0.461 e. The molecule has 3 heterocycles. The maximum Gasteiger partial charge on any atom is 0.233 e. The van der Waals surface area contributed by atoms with Gasteiger partial charge in [0.05, 0.1) is 12.0 Å². The van der Waals surface area contributed by atoms with E-state index in [1.165, 1.54) is 11.8 Å². The van der Waals surface area contributed by atoms with Gasteiger partial charge < -0.3 is 14.2 Å². The Morgan fingerprint density at radius 3 is 2.57 bits per heavy atom. The lowest BCUT2D eigenvalue weighted by Gasteiger charge is -2.40. The molecule has 1 saturated heterocycles. The van der Waals surface area contributed by atoms with Gasteiger partial charge >= 0.3 is 0 Å². The van der Waals surface area contributed by atoms with Crippen molar-refractivity contribution >= 4 is 23.6 Å². The van der Waals surface area contributed by atoms with E-state index in [-0.39, 0.29) is 23.6 Å². The highest BCUT2D eigenvalue weighted by Gasteiger charge is 2.29. The summed E-state index contributed by atoms with van der Waals surface area (Å²) < 4.78 is 7.49. The highest BCUT2D eigenvalue weighted by atomic mass is 32.2. The van der Waals surface area contributed by atoms with Crippen LogP contribution in [0.25, 0.3) is 17.3 Å². The van der Waals surface area contributed by atoms with Crippen LogP contribution < -0.4 is 0 Å². The zero-order chi connectivity index (χ0) is 24.8. The first-order chi connectivity index (χ1) is 17.0. The minimum absolute atomic E-state index is 0.0218. The Kier molecular flexibility index (Phi) is 8.28. The number of aromatic nitrogens is 3. The smallest absolute Gasteiger partial charge is 0.233 e. The second-order valence-electron chi connectivity index (χ2n) is 8.98. The minimum Gasteiger partial charge on any atom is -0.461 e. The van der Waals surface area contributed by atoms with Gasteiger partial charge in [0.2, 0.25) is 17.6 Å². The van der Waals surface area contributed by atoms with Gasteiger partial charge in [-0.2, -0.15) is 0 Å². The third kappa shape index (κ3) is 5.96. The van der Waals surface area contributed by atoms with E-state index in [2.05, 4.69) is 17.1 Å². The van der Waals surface area contributed by atoms with Crippen molar-refractivity contribution in [2.45, 2.75) is 57.7 Å². The predicted molar refractivity (Wildman–Crippen MR) is 136 cm³/mol. The minimum atomic E-state index is 0.0218. The maximum absolute atomic E-state index is 13.1. The number of hydrogen-bond acceptors (Lipinski definition) is 6. The van der Waals surface area contributed by atoms with Crippen molar-refractivity contribution < 1.29 is 14.0 Å². The first-order valence-corrected chi connectivity index (χ1v) is 13.2. The Morgan fingerprint density at radius 2 is 1.89 bits per heavy atom. The fourth-order valence-electron chi connectivity index (χ4n) is 4.30. The topological polar surface area (TPSA) is 84.5 Å². The van der Waals surface area contributed by atoms with Gasteiger partial charge in [-0.15, -0.1) is 10.2 Å². The molecule has 0 aliphatic carbocycles. The molecule has 3 aromatic rings. The van der Waals surface area contributed by atoms with Crippen molar-refractivity contribution in [2.24, 2.45) is 0 Å². The number of unbranched alkanes of at least 4 members (excludes halogenated alkanes) is 2. The number of piperazine rings is 1. The molecule has 2 amide bonds. The first kappa shape index (κ1) is 25.0. The molecule has 8 nitrogen and oxygen atoms in total. The molecule has 0 bridgehead atoms. The SMILES string of the molecule is CCCCCC(=O)N1CCN(C(=O)CSc2nnc(-c3ccco3)n2-c2ccc(C)cc2)CC1C. The number of amides is 2. The number of benzene rings is 1. The van der Waals surface area contributed by atoms with Crippen LogP contribution >= 0.6 is 11.8 Å². The zero-order valence-corrected chi connectivity index (χ0v) is 21.5. The van der Waals surface area contributed by atoms with E-state index < -0.39 is 0 Å². The van der Waals surface area contributed by atoms with Gasteiger partial charge in [0, 0.05) is 37.8 Å². The van der Waals surface area contributed by atoms with E-state index in [0.717, 1.165) is 30.5 Å². The molecule has 9 heteroatoms. The van der Waals surface area contributed by atoms with Crippen LogP contribution in [0.1, 0.15) is 45.1 Å². The quantitative estimate of drug-likeness (QED) is 0.319. The fourth-order valence-corrected chi connectivity index (χ4v) is 5.15. The highest BCUT2D eigenvalue weighted by Crippen LogP contribution is 2.29. The van der Waals surface area contributed by atoms with Gasteiger partial charge in [0.25, 0.3) is 0 Å². The van der Waals surface area contributed by atoms with Gasteiger partial charge in [-0.1, -0.05) is 49.2 Å². The monoisotopic (exact) mass is 495 g/mol. The molecule has 2 aromatic heterocycles. The van der Waals surface area contributed by atoms with E-state index in [0.29, 0.717) is 42.8 Å². The van der Waals surface area contributed by atoms with Gasteiger partial charge in [-0.3, -0.25) is 14.2 Å². The number of aryl methyl sites for hydroxylation is 1. The molecule has 4 rings (SSSR count). The lowest BCUT2D eigenvalue weighted by Crippen LogP contribution is -2.55. The predicted octanol–water partition coefficient (Wildman–Crippen LogP) is 4.57. The molecule has 0 radical (unpaired) electrons. The number of carbonyl (C=O) groups excluding carboxylic acids is 2. The molecule has 186 valence electrons. The van der Waals surface area contributed by atoms with E-state index in [1.807, 2.05) is 64.6 Å². The van der Waals surface area contributed by atoms with Crippen molar-refractivity contribution in [3.63, 3.8) is 0 Å². The number of carbonyl (C=O) groups is 2. The molecular weight excluding hydrogens is 462 g/mol. The molecule has 1 unspecified atom stereocenters. The number of hydrogen-bond donors (Lipinski definition) is 0. The van der Waals surface area contributed by atoms with Gasteiger partial charge in [0.15, 0.2) is 10.9 Å². The third-order valence-electron chi connectivity index (χ3n) is 6.29. The fraction of sp³-hybridized carbons (Fsp3) is 0.462. The molecule has 35 heavy (non-hydrogen) atoms. The van der Waals surface area contributed by atoms with Crippen LogP contribution in [-0.2, 0) is 9.59 Å². The van der Waals surface area contributed by atoms with Crippen molar-refractivity contribution in [1.29, 1.82) is 0 Å². The molecular formula is C26H33N5O3S. The third-order valence-corrected chi connectivity index (χ3v) is 7.20. The van der Waals surface area contributed by atoms with Crippen molar-refractivity contribution in [3.8, 4) is 17.3 Å². The Labute approximate surface area is 210 Å². The highest BCUT2D eigenvalue weighted by molar-refractivity contribution is 7.99. The normalized spacial score (nSPS) is 16.0. The molecule has 0 N–H and O–H groups in total. The van der Waals surface area contributed by atoms with Crippen LogP contribution in [0.5, 0.6) is 0 Å². The molecule has 1 atom stereocenters. The van der Waals surface area contributed by atoms with Gasteiger partial charge in [-0.05, 0) is 44.5 Å². The first-order valence-electron chi connectivity index (χ1n) is 12.2. The maximum atomic E-state index is 13.1. The number of rotatable bonds is 9. The van der Waals surface area contributed by atoms with Crippen molar-refractivity contribution in [3.05, 3.63) is 48.2 Å². The number of furan rings is 1. The standard InChI is InChI=1S/C26H33N5O3S/c1-4-5-6-9-23(32)30-15-14-29(17-20(30)3)24(33)18-35-26-28-27-25(22-8-7-16-34-22)31(26)21-12-10-19(2)11-13-21/h7-8,10-13,16,20H,4-6,9,14-15,17-18H2,1-3H3. The molecule has 0 saturated carbocycles. The average molecular weight is 496 g/mol. The Balaban J connectivity index is 1.41. The molecule has 1 fully saturated rings. The Hall–Kier alpha value is -3.07. The molecule has 0 spiro atoms. The van der Waals surface area contributed by atoms with Crippen molar-refractivity contribution in [2.75, 3.05) is 25.4 Å². The van der Waals surface area contributed by atoms with E-state index >= 15 is 0 Å². The summed E-state index contributed by atoms with van der Waals surface area (Å²) in [5.41, 5.74) is 2.06. The van der Waals surface area contributed by atoms with E-state index in [9.17, 15) is 9.59 Å². The summed E-state index contributed by atoms with van der Waals surface area (Å²) in [7, 11) is 0. The van der Waals surface area contributed by atoms with Crippen molar-refractivity contribution in [1.82, 2.24) is 24.6 Å². The van der Waals surface area contributed by atoms with Crippen LogP contribution in [0.3, 0.4) is 0 Å². The van der Waals surface area contributed by atoms with Crippen LogP contribution in [0.4, 0.5) is 0 Å². The Morgan fingerprint density at radius 1 is 1.09 bits per heavy atom. The zero-order valence-electron chi connectivity index (χ0n) is 20.6. The van der Waals surface area contributed by atoms with Crippen LogP contribution in [0, 0.1) is 6.92 Å². The summed E-state index contributed by atoms with van der Waals surface area (Å²) in [6.07, 6.45) is 5.30. The van der Waals surface area contributed by atoms with E-state index in [4.69, 9.17) is 4.42 Å². The van der Waals surface area contributed by atoms with Crippen LogP contribution in [0.15, 0.2) is 52.2 Å². The molecule has 1 aliphatic rings. The second-order valence-corrected chi connectivity index (χ2v) is 9.92. The summed E-state index contributed by atoms with van der Waals surface area (Å²) in [6.45, 7) is 7.90. The summed E-state index contributed by atoms with van der Waals surface area (Å²) in [5.74, 6) is 1.70. The molecule has 1 aromatic carbocycles. The molecule has 1 aliphatic heterocycles. The summed E-state index contributed by atoms with van der Waals surface area (Å²) >= 11 is 1.36. The van der Waals surface area contributed by atoms with Gasteiger partial charge in [0.1, 0.15) is 0 Å². The number of nitrogens with zero attached hydrogens (tertiary/aromatic N) is 5. The lowest BCUT2D eigenvalue weighted by molar-refractivity contribution is -0.141. The summed E-state index contributed by atoms with van der Waals surface area (Å²) in [4.78, 5) is 29.4. The second kappa shape index (κ2) is 11.6.